The van der Waals surface area contributed by atoms with E-state index in [9.17, 15) is 4.79 Å². The summed E-state index contributed by atoms with van der Waals surface area (Å²) in [5, 5.41) is 1.89. The molecule has 0 saturated carbocycles. The van der Waals surface area contributed by atoms with Crippen molar-refractivity contribution in [2.75, 3.05) is 19.7 Å². The van der Waals surface area contributed by atoms with Crippen molar-refractivity contribution < 1.29 is 9.53 Å². The smallest absolute Gasteiger partial charge is 0.254 e. The van der Waals surface area contributed by atoms with Gasteiger partial charge in [-0.1, -0.05) is 0 Å². The lowest BCUT2D eigenvalue weighted by Crippen LogP contribution is -2.37. The first-order chi connectivity index (χ1) is 8.20. The van der Waals surface area contributed by atoms with Crippen LogP contribution in [0.4, 0.5) is 0 Å². The molecule has 1 amide bonds. The Morgan fingerprint density at radius 2 is 2.53 bits per heavy atom. The fourth-order valence-electron chi connectivity index (χ4n) is 1.99. The molecule has 1 aliphatic rings. The SMILES string of the molecule is CCN(CC1CCCO1)C(=O)c1csc(Br)c1. The average molecular weight is 318 g/mol. The summed E-state index contributed by atoms with van der Waals surface area (Å²) in [5.41, 5.74) is 0.765. The first-order valence-electron chi connectivity index (χ1n) is 5.85. The minimum Gasteiger partial charge on any atom is -0.376 e. The predicted octanol–water partition coefficient (Wildman–Crippen LogP) is 3.15. The fourth-order valence-corrected chi connectivity index (χ4v) is 3.12. The lowest BCUT2D eigenvalue weighted by molar-refractivity contribution is 0.0539. The van der Waals surface area contributed by atoms with E-state index >= 15 is 0 Å². The molecule has 94 valence electrons. The Morgan fingerprint density at radius 3 is 3.06 bits per heavy atom. The molecule has 2 rings (SSSR count). The number of ether oxygens (including phenoxy) is 1. The van der Waals surface area contributed by atoms with Gasteiger partial charge in [0.2, 0.25) is 0 Å². The number of carbonyl (C=O) groups is 1. The van der Waals surface area contributed by atoms with Gasteiger partial charge in [-0.05, 0) is 41.8 Å². The number of rotatable bonds is 4. The number of likely N-dealkylation sites (N-methyl/N-ethyl adjacent to an activating group) is 1. The van der Waals surface area contributed by atoms with Gasteiger partial charge >= 0.3 is 0 Å². The van der Waals surface area contributed by atoms with Crippen LogP contribution in [0.15, 0.2) is 15.2 Å². The van der Waals surface area contributed by atoms with E-state index in [2.05, 4.69) is 15.9 Å². The van der Waals surface area contributed by atoms with Gasteiger partial charge in [0.05, 0.1) is 15.5 Å². The van der Waals surface area contributed by atoms with Crippen molar-refractivity contribution in [2.45, 2.75) is 25.9 Å². The molecule has 3 nitrogen and oxygen atoms in total. The molecule has 1 aromatic rings. The molecule has 5 heteroatoms. The topological polar surface area (TPSA) is 29.5 Å². The first kappa shape index (κ1) is 13.1. The quantitative estimate of drug-likeness (QED) is 0.853. The number of amides is 1. The number of nitrogens with zero attached hydrogens (tertiary/aromatic N) is 1. The molecule has 0 spiro atoms. The molecule has 1 atom stereocenters. The van der Waals surface area contributed by atoms with Gasteiger partial charge in [0.1, 0.15) is 0 Å². The maximum Gasteiger partial charge on any atom is 0.254 e. The van der Waals surface area contributed by atoms with E-state index in [4.69, 9.17) is 4.74 Å². The third-order valence-corrected chi connectivity index (χ3v) is 4.44. The Kier molecular flexibility index (Phi) is 4.59. The molecule has 1 aromatic heterocycles. The zero-order valence-electron chi connectivity index (χ0n) is 9.82. The van der Waals surface area contributed by atoms with Crippen LogP contribution < -0.4 is 0 Å². The molecular weight excluding hydrogens is 302 g/mol. The number of hydrogen-bond donors (Lipinski definition) is 0. The molecule has 17 heavy (non-hydrogen) atoms. The van der Waals surface area contributed by atoms with Gasteiger partial charge in [-0.15, -0.1) is 11.3 Å². The standard InChI is InChI=1S/C12H16BrNO2S/c1-2-14(7-10-4-3-5-16-10)12(15)9-6-11(13)17-8-9/h6,8,10H,2-5,7H2,1H3. The van der Waals surface area contributed by atoms with Crippen LogP contribution in [0.25, 0.3) is 0 Å². The summed E-state index contributed by atoms with van der Waals surface area (Å²) in [5.74, 6) is 0.102. The van der Waals surface area contributed by atoms with E-state index in [-0.39, 0.29) is 12.0 Å². The molecule has 0 aliphatic carbocycles. The molecule has 1 aliphatic heterocycles. The average Bonchev–Trinajstić information content (AvgIpc) is 2.96. The van der Waals surface area contributed by atoms with Crippen LogP contribution in [-0.4, -0.2) is 36.6 Å². The van der Waals surface area contributed by atoms with Gasteiger partial charge in [-0.2, -0.15) is 0 Å². The van der Waals surface area contributed by atoms with Crippen LogP contribution >= 0.6 is 27.3 Å². The van der Waals surface area contributed by atoms with E-state index in [1.165, 1.54) is 0 Å². The monoisotopic (exact) mass is 317 g/mol. The maximum absolute atomic E-state index is 12.2. The van der Waals surface area contributed by atoms with Crippen molar-refractivity contribution in [1.82, 2.24) is 4.90 Å². The van der Waals surface area contributed by atoms with E-state index < -0.39 is 0 Å². The van der Waals surface area contributed by atoms with Crippen molar-refractivity contribution in [2.24, 2.45) is 0 Å². The Bertz CT molecular complexity index is 388. The lowest BCUT2D eigenvalue weighted by Gasteiger charge is -2.23. The van der Waals surface area contributed by atoms with Crippen LogP contribution in [0.2, 0.25) is 0 Å². The molecule has 0 aromatic carbocycles. The van der Waals surface area contributed by atoms with Crippen LogP contribution in [0, 0.1) is 0 Å². The van der Waals surface area contributed by atoms with Crippen molar-refractivity contribution in [3.63, 3.8) is 0 Å². The third kappa shape index (κ3) is 3.30. The summed E-state index contributed by atoms with van der Waals surface area (Å²) in [6.07, 6.45) is 2.40. The Morgan fingerprint density at radius 1 is 1.71 bits per heavy atom. The highest BCUT2D eigenvalue weighted by Crippen LogP contribution is 2.22. The summed E-state index contributed by atoms with van der Waals surface area (Å²) >= 11 is 4.92. The zero-order valence-corrected chi connectivity index (χ0v) is 12.2. The third-order valence-electron chi connectivity index (χ3n) is 2.93. The van der Waals surface area contributed by atoms with Crippen molar-refractivity contribution >= 4 is 33.2 Å². The van der Waals surface area contributed by atoms with Gasteiger partial charge in [-0.25, -0.2) is 0 Å². The molecular formula is C12H16BrNO2S. The minimum absolute atomic E-state index is 0.102. The highest BCUT2D eigenvalue weighted by molar-refractivity contribution is 9.11. The van der Waals surface area contributed by atoms with Crippen LogP contribution in [0.1, 0.15) is 30.1 Å². The summed E-state index contributed by atoms with van der Waals surface area (Å²) in [7, 11) is 0. The highest BCUT2D eigenvalue weighted by Gasteiger charge is 2.22. The van der Waals surface area contributed by atoms with Gasteiger partial charge in [0, 0.05) is 25.1 Å². The Hall–Kier alpha value is -0.390. The van der Waals surface area contributed by atoms with Gasteiger partial charge in [0.25, 0.3) is 5.91 Å². The Labute approximate surface area is 114 Å². The second-order valence-electron chi connectivity index (χ2n) is 4.12. The fraction of sp³-hybridized carbons (Fsp3) is 0.583. The van der Waals surface area contributed by atoms with Crippen molar-refractivity contribution in [3.05, 3.63) is 20.8 Å². The maximum atomic E-state index is 12.2. The molecule has 1 fully saturated rings. The minimum atomic E-state index is 0.102. The lowest BCUT2D eigenvalue weighted by atomic mass is 10.2. The van der Waals surface area contributed by atoms with Crippen molar-refractivity contribution in [1.29, 1.82) is 0 Å². The van der Waals surface area contributed by atoms with Crippen LogP contribution in [0.5, 0.6) is 0 Å². The summed E-state index contributed by atoms with van der Waals surface area (Å²) < 4.78 is 6.57. The van der Waals surface area contributed by atoms with Gasteiger partial charge in [0.15, 0.2) is 0 Å². The summed E-state index contributed by atoms with van der Waals surface area (Å²) in [6.45, 7) is 4.28. The number of hydrogen-bond acceptors (Lipinski definition) is 3. The van der Waals surface area contributed by atoms with Gasteiger partial charge < -0.3 is 9.64 Å². The Balaban J connectivity index is 1.99. The zero-order chi connectivity index (χ0) is 12.3. The summed E-state index contributed by atoms with van der Waals surface area (Å²) in [4.78, 5) is 14.1. The molecule has 0 radical (unpaired) electrons. The molecule has 1 saturated heterocycles. The molecule has 0 N–H and O–H groups in total. The van der Waals surface area contributed by atoms with E-state index in [0.29, 0.717) is 6.54 Å². The van der Waals surface area contributed by atoms with Crippen LogP contribution in [0.3, 0.4) is 0 Å². The number of carbonyl (C=O) groups excluding carboxylic acids is 1. The van der Waals surface area contributed by atoms with E-state index in [1.807, 2.05) is 23.3 Å². The van der Waals surface area contributed by atoms with Crippen LogP contribution in [-0.2, 0) is 4.74 Å². The molecule has 0 bridgehead atoms. The number of halogens is 1. The second-order valence-corrected chi connectivity index (χ2v) is 6.41. The highest BCUT2D eigenvalue weighted by atomic mass is 79.9. The molecule has 1 unspecified atom stereocenters. The molecule has 2 heterocycles. The van der Waals surface area contributed by atoms with Gasteiger partial charge in [-0.3, -0.25) is 4.79 Å². The van der Waals surface area contributed by atoms with Crippen molar-refractivity contribution in [3.8, 4) is 0 Å². The first-order valence-corrected chi connectivity index (χ1v) is 7.53. The number of thiophene rings is 1. The predicted molar refractivity (Wildman–Crippen MR) is 72.6 cm³/mol. The summed E-state index contributed by atoms with van der Waals surface area (Å²) in [6, 6.07) is 1.88. The van der Waals surface area contributed by atoms with E-state index in [1.54, 1.807) is 11.3 Å². The normalized spacial score (nSPS) is 19.5. The largest absolute Gasteiger partial charge is 0.376 e. The van der Waals surface area contributed by atoms with E-state index in [0.717, 1.165) is 35.3 Å². The second kappa shape index (κ2) is 5.98.